The molecule has 0 unspecified atom stereocenters. The molecule has 5 nitrogen and oxygen atoms in total. The first-order valence-corrected chi connectivity index (χ1v) is 6.61. The summed E-state index contributed by atoms with van der Waals surface area (Å²) in [6.07, 6.45) is 0. The van der Waals surface area contributed by atoms with Crippen molar-refractivity contribution in [2.75, 3.05) is 7.11 Å². The largest absolute Gasteiger partial charge is 0.493 e. The van der Waals surface area contributed by atoms with E-state index in [-0.39, 0.29) is 0 Å². The molecule has 0 aliphatic heterocycles. The van der Waals surface area contributed by atoms with Crippen LogP contribution in [-0.2, 0) is 20.2 Å². The lowest BCUT2D eigenvalue weighted by atomic mass is 10.2. The molecule has 0 saturated carbocycles. The van der Waals surface area contributed by atoms with Gasteiger partial charge in [-0.25, -0.2) is 0 Å². The number of aromatic nitrogens is 2. The number of benzene rings is 1. The van der Waals surface area contributed by atoms with E-state index in [2.05, 4.69) is 5.10 Å². The van der Waals surface area contributed by atoms with Crippen LogP contribution in [0.5, 0.6) is 11.5 Å². The number of nitrogens with zero attached hydrogens (tertiary/aromatic N) is 2. The summed E-state index contributed by atoms with van der Waals surface area (Å²) in [7, 11) is 3.46. The van der Waals surface area contributed by atoms with Crippen molar-refractivity contribution >= 4 is 11.6 Å². The van der Waals surface area contributed by atoms with E-state index in [4.69, 9.17) is 26.8 Å². The molecule has 6 heteroatoms. The van der Waals surface area contributed by atoms with Gasteiger partial charge in [-0.2, -0.15) is 5.10 Å². The van der Waals surface area contributed by atoms with Crippen molar-refractivity contribution in [3.63, 3.8) is 0 Å². The third-order valence-electron chi connectivity index (χ3n) is 3.00. The number of ether oxygens (including phenoxy) is 2. The minimum Gasteiger partial charge on any atom is -0.493 e. The van der Waals surface area contributed by atoms with Gasteiger partial charge in [0.2, 0.25) is 0 Å². The minimum atomic E-state index is 0.330. The van der Waals surface area contributed by atoms with E-state index in [0.29, 0.717) is 29.7 Å². The van der Waals surface area contributed by atoms with Crippen LogP contribution in [0.25, 0.3) is 0 Å². The number of methoxy groups -OCH3 is 1. The molecule has 0 aliphatic carbocycles. The van der Waals surface area contributed by atoms with Crippen LogP contribution in [0, 0.1) is 6.92 Å². The van der Waals surface area contributed by atoms with Gasteiger partial charge < -0.3 is 15.2 Å². The lowest BCUT2D eigenvalue weighted by Crippen LogP contribution is -2.07. The Hall–Kier alpha value is -1.72. The molecule has 0 atom stereocenters. The van der Waals surface area contributed by atoms with E-state index in [1.54, 1.807) is 23.9 Å². The molecule has 2 rings (SSSR count). The Kier molecular flexibility index (Phi) is 4.52. The molecule has 0 aliphatic rings. The van der Waals surface area contributed by atoms with E-state index in [9.17, 15) is 0 Å². The van der Waals surface area contributed by atoms with E-state index in [1.165, 1.54) is 0 Å². The lowest BCUT2D eigenvalue weighted by Gasteiger charge is -2.15. The van der Waals surface area contributed by atoms with Gasteiger partial charge in [-0.15, -0.1) is 0 Å². The molecule has 20 heavy (non-hydrogen) atoms. The molecule has 108 valence electrons. The molecular weight excluding hydrogens is 278 g/mol. The molecular formula is C14H18ClN3O2. The Morgan fingerprint density at radius 2 is 2.10 bits per heavy atom. The van der Waals surface area contributed by atoms with Crippen LogP contribution in [0.4, 0.5) is 0 Å². The first-order valence-electron chi connectivity index (χ1n) is 6.24. The minimum absolute atomic E-state index is 0.330. The Labute approximate surface area is 123 Å². The van der Waals surface area contributed by atoms with Crippen molar-refractivity contribution in [2.24, 2.45) is 12.8 Å². The van der Waals surface area contributed by atoms with E-state index < -0.39 is 0 Å². The molecule has 2 N–H and O–H groups in total. The molecule has 1 aromatic carbocycles. The van der Waals surface area contributed by atoms with Gasteiger partial charge in [0.15, 0.2) is 11.5 Å². The zero-order valence-electron chi connectivity index (χ0n) is 11.8. The number of halogens is 1. The summed E-state index contributed by atoms with van der Waals surface area (Å²) < 4.78 is 13.0. The van der Waals surface area contributed by atoms with Crippen molar-refractivity contribution in [2.45, 2.75) is 20.1 Å². The molecule has 0 spiro atoms. The summed E-state index contributed by atoms with van der Waals surface area (Å²) in [4.78, 5) is 0. The van der Waals surface area contributed by atoms with Crippen molar-refractivity contribution < 1.29 is 9.47 Å². The first kappa shape index (κ1) is 14.7. The van der Waals surface area contributed by atoms with Crippen molar-refractivity contribution in [3.8, 4) is 11.5 Å². The smallest absolute Gasteiger partial charge is 0.166 e. The van der Waals surface area contributed by atoms with Gasteiger partial charge in [-0.3, -0.25) is 4.68 Å². The fourth-order valence-corrected chi connectivity index (χ4v) is 2.27. The summed E-state index contributed by atoms with van der Waals surface area (Å²) in [6, 6.07) is 5.48. The average molecular weight is 296 g/mol. The summed E-state index contributed by atoms with van der Waals surface area (Å²) in [5, 5.41) is 4.86. The van der Waals surface area contributed by atoms with Gasteiger partial charge in [0.1, 0.15) is 6.61 Å². The van der Waals surface area contributed by atoms with Gasteiger partial charge in [-0.05, 0) is 19.1 Å². The van der Waals surface area contributed by atoms with E-state index in [1.807, 2.05) is 20.0 Å². The van der Waals surface area contributed by atoms with Crippen LogP contribution in [0.15, 0.2) is 18.2 Å². The zero-order valence-corrected chi connectivity index (χ0v) is 12.6. The molecule has 0 bridgehead atoms. The third-order valence-corrected chi connectivity index (χ3v) is 3.22. The second kappa shape index (κ2) is 6.15. The number of rotatable bonds is 5. The second-order valence-electron chi connectivity index (χ2n) is 4.49. The average Bonchev–Trinajstić information content (AvgIpc) is 2.74. The lowest BCUT2D eigenvalue weighted by molar-refractivity contribution is 0.273. The van der Waals surface area contributed by atoms with Crippen LogP contribution in [0.3, 0.4) is 0 Å². The topological polar surface area (TPSA) is 62.3 Å². The van der Waals surface area contributed by atoms with Gasteiger partial charge in [0.05, 0.1) is 18.5 Å². The summed E-state index contributed by atoms with van der Waals surface area (Å²) in [5.74, 6) is 1.20. The van der Waals surface area contributed by atoms with Gasteiger partial charge in [-0.1, -0.05) is 11.6 Å². The summed E-state index contributed by atoms with van der Waals surface area (Å²) >= 11 is 6.02. The van der Waals surface area contributed by atoms with E-state index >= 15 is 0 Å². The molecule has 0 radical (unpaired) electrons. The van der Waals surface area contributed by atoms with Crippen LogP contribution in [0.2, 0.25) is 5.02 Å². The fraction of sp³-hybridized carbons (Fsp3) is 0.357. The number of aryl methyl sites for hydroxylation is 2. The highest BCUT2D eigenvalue weighted by atomic mass is 35.5. The van der Waals surface area contributed by atoms with Crippen molar-refractivity contribution in [3.05, 3.63) is 40.2 Å². The van der Waals surface area contributed by atoms with Crippen molar-refractivity contribution in [1.82, 2.24) is 9.78 Å². The highest BCUT2D eigenvalue weighted by molar-refractivity contribution is 6.30. The molecule has 1 heterocycles. The van der Waals surface area contributed by atoms with Crippen LogP contribution < -0.4 is 15.2 Å². The normalized spacial score (nSPS) is 10.7. The zero-order chi connectivity index (χ0) is 14.7. The predicted octanol–water partition coefficient (Wildman–Crippen LogP) is 2.43. The van der Waals surface area contributed by atoms with Crippen LogP contribution in [0.1, 0.15) is 17.0 Å². The maximum atomic E-state index is 6.02. The Bertz CT molecular complexity index is 585. The SMILES string of the molecule is COc1cc(Cl)cc(CN)c1OCc1cc(C)nn1C. The Morgan fingerprint density at radius 1 is 1.35 bits per heavy atom. The first-order chi connectivity index (χ1) is 9.55. The van der Waals surface area contributed by atoms with Gasteiger partial charge >= 0.3 is 0 Å². The maximum Gasteiger partial charge on any atom is 0.166 e. The molecule has 0 saturated heterocycles. The maximum absolute atomic E-state index is 6.02. The highest BCUT2D eigenvalue weighted by Gasteiger charge is 2.13. The monoisotopic (exact) mass is 295 g/mol. The van der Waals surface area contributed by atoms with Crippen LogP contribution in [-0.4, -0.2) is 16.9 Å². The Morgan fingerprint density at radius 3 is 2.65 bits per heavy atom. The number of hydrogen-bond donors (Lipinski definition) is 1. The Balaban J connectivity index is 2.26. The van der Waals surface area contributed by atoms with Crippen LogP contribution >= 0.6 is 11.6 Å². The summed E-state index contributed by atoms with van der Waals surface area (Å²) in [6.45, 7) is 2.66. The third kappa shape index (κ3) is 3.05. The van der Waals surface area contributed by atoms with Gasteiger partial charge in [0, 0.05) is 30.2 Å². The summed E-state index contributed by atoms with van der Waals surface area (Å²) in [5.41, 5.74) is 8.47. The standard InChI is InChI=1S/C14H18ClN3O2/c1-9-4-12(18(2)17-9)8-20-14-10(7-16)5-11(15)6-13(14)19-3/h4-6H,7-8,16H2,1-3H3. The predicted molar refractivity (Wildman–Crippen MR) is 78.2 cm³/mol. The number of hydrogen-bond acceptors (Lipinski definition) is 4. The molecule has 2 aromatic rings. The van der Waals surface area contributed by atoms with Gasteiger partial charge in [0.25, 0.3) is 0 Å². The quantitative estimate of drug-likeness (QED) is 0.920. The molecule has 1 aromatic heterocycles. The fourth-order valence-electron chi connectivity index (χ4n) is 2.04. The highest BCUT2D eigenvalue weighted by Crippen LogP contribution is 2.35. The molecule has 0 fully saturated rings. The van der Waals surface area contributed by atoms with Crippen molar-refractivity contribution in [1.29, 1.82) is 0 Å². The molecule has 0 amide bonds. The second-order valence-corrected chi connectivity index (χ2v) is 4.93. The number of nitrogens with two attached hydrogens (primary N) is 1. The van der Waals surface area contributed by atoms with E-state index in [0.717, 1.165) is 17.0 Å².